The van der Waals surface area contributed by atoms with Crippen molar-refractivity contribution in [3.63, 3.8) is 0 Å². The number of nitrogen functional groups attached to an aromatic ring is 1. The average Bonchev–Trinajstić information content (AvgIpc) is 2.43. The van der Waals surface area contributed by atoms with Crippen molar-refractivity contribution in [1.82, 2.24) is 0 Å². The van der Waals surface area contributed by atoms with Crippen molar-refractivity contribution in [2.24, 2.45) is 0 Å². The van der Waals surface area contributed by atoms with Crippen molar-refractivity contribution in [2.75, 3.05) is 29.4 Å². The van der Waals surface area contributed by atoms with Crippen molar-refractivity contribution in [3.8, 4) is 0 Å². The zero-order valence-corrected chi connectivity index (χ0v) is 12.2. The van der Waals surface area contributed by atoms with Crippen LogP contribution < -0.4 is 10.0 Å². The minimum absolute atomic E-state index is 0.0600. The lowest BCUT2D eigenvalue weighted by atomic mass is 10.3. The molecule has 1 aromatic rings. The highest BCUT2D eigenvalue weighted by molar-refractivity contribution is 7.92. The molecule has 9 heteroatoms. The van der Waals surface area contributed by atoms with Gasteiger partial charge in [0.15, 0.2) is 0 Å². The fourth-order valence-electron chi connectivity index (χ4n) is 1.60. The number of esters is 1. The topological polar surface area (TPSA) is 127 Å². The third-order valence-electron chi connectivity index (χ3n) is 2.61. The molecule has 1 aromatic carbocycles. The van der Waals surface area contributed by atoms with Gasteiger partial charge in [-0.15, -0.1) is 0 Å². The van der Waals surface area contributed by atoms with Crippen LogP contribution in [0.4, 0.5) is 11.4 Å². The van der Waals surface area contributed by atoms with Gasteiger partial charge < -0.3 is 15.6 Å². The molecule has 1 rings (SSSR count). The Morgan fingerprint density at radius 1 is 1.33 bits per heavy atom. The number of carboxylic acids is 1. The monoisotopic (exact) mass is 316 g/mol. The summed E-state index contributed by atoms with van der Waals surface area (Å²) in [5.74, 6) is -2.60. The molecular formula is C12H16N2O6S. The normalized spacial score (nSPS) is 10.9. The fraction of sp³-hybridized carbons (Fsp3) is 0.333. The van der Waals surface area contributed by atoms with Crippen LogP contribution in [0.15, 0.2) is 24.3 Å². The predicted molar refractivity (Wildman–Crippen MR) is 76.3 cm³/mol. The maximum atomic E-state index is 12.2. The second-order valence-electron chi connectivity index (χ2n) is 4.10. The molecule has 0 aliphatic carbocycles. The Hall–Kier alpha value is -2.29. The van der Waals surface area contributed by atoms with E-state index in [-0.39, 0.29) is 17.8 Å². The highest BCUT2D eigenvalue weighted by atomic mass is 32.2. The van der Waals surface area contributed by atoms with Crippen LogP contribution in [0.5, 0.6) is 0 Å². The average molecular weight is 316 g/mol. The number of hydrogen-bond donors (Lipinski definition) is 2. The molecule has 0 saturated heterocycles. The number of benzene rings is 1. The molecular weight excluding hydrogens is 300 g/mol. The third-order valence-corrected chi connectivity index (χ3v) is 4.33. The molecule has 3 N–H and O–H groups in total. The molecule has 0 fully saturated rings. The highest BCUT2D eigenvalue weighted by Crippen LogP contribution is 2.25. The standard InChI is InChI=1S/C12H16N2O6S/c1-20-12(17)6-7-21(18,19)14(8-11(15)16)10-5-3-2-4-9(10)13/h2-5H,6-8,13H2,1H3,(H,15,16). The smallest absolute Gasteiger partial charge is 0.324 e. The first kappa shape index (κ1) is 16.8. The van der Waals surface area contributed by atoms with Crippen LogP contribution in [0, 0.1) is 0 Å². The summed E-state index contributed by atoms with van der Waals surface area (Å²) >= 11 is 0. The zero-order chi connectivity index (χ0) is 16.0. The van der Waals surface area contributed by atoms with Crippen LogP contribution in [0.25, 0.3) is 0 Å². The maximum absolute atomic E-state index is 12.2. The number of carbonyl (C=O) groups is 2. The molecule has 0 atom stereocenters. The molecule has 8 nitrogen and oxygen atoms in total. The van der Waals surface area contributed by atoms with Gasteiger partial charge in [0.1, 0.15) is 6.54 Å². The van der Waals surface area contributed by atoms with E-state index in [0.717, 1.165) is 7.11 Å². The predicted octanol–water partition coefficient (Wildman–Crippen LogP) is 0.0527. The maximum Gasteiger partial charge on any atom is 0.324 e. The van der Waals surface area contributed by atoms with E-state index in [1.54, 1.807) is 6.07 Å². The Labute approximate surface area is 122 Å². The van der Waals surface area contributed by atoms with E-state index in [1.807, 2.05) is 0 Å². The van der Waals surface area contributed by atoms with Crippen molar-refractivity contribution < 1.29 is 27.9 Å². The van der Waals surface area contributed by atoms with Gasteiger partial charge in [-0.25, -0.2) is 8.42 Å². The largest absolute Gasteiger partial charge is 0.480 e. The SMILES string of the molecule is COC(=O)CCS(=O)(=O)N(CC(=O)O)c1ccccc1N. The summed E-state index contributed by atoms with van der Waals surface area (Å²) in [5, 5.41) is 8.88. The van der Waals surface area contributed by atoms with Crippen molar-refractivity contribution in [1.29, 1.82) is 0 Å². The number of carboxylic acid groups (broad SMARTS) is 1. The lowest BCUT2D eigenvalue weighted by Gasteiger charge is -2.23. The molecule has 0 aliphatic heterocycles. The number of rotatable bonds is 7. The van der Waals surface area contributed by atoms with E-state index >= 15 is 0 Å². The quantitative estimate of drug-likeness (QED) is 0.537. The first-order chi connectivity index (χ1) is 9.77. The summed E-state index contributed by atoms with van der Waals surface area (Å²) < 4.78 is 29.5. The van der Waals surface area contributed by atoms with E-state index in [1.165, 1.54) is 18.2 Å². The second-order valence-corrected chi connectivity index (χ2v) is 6.11. The summed E-state index contributed by atoms with van der Waals surface area (Å²) in [4.78, 5) is 22.0. The van der Waals surface area contributed by atoms with Crippen LogP contribution in [-0.4, -0.2) is 44.9 Å². The number of anilines is 2. The van der Waals surface area contributed by atoms with Crippen LogP contribution in [-0.2, 0) is 24.3 Å². The van der Waals surface area contributed by atoms with Gasteiger partial charge in [-0.2, -0.15) is 0 Å². The van der Waals surface area contributed by atoms with Gasteiger partial charge in [-0.05, 0) is 12.1 Å². The first-order valence-corrected chi connectivity index (χ1v) is 7.52. The van der Waals surface area contributed by atoms with Gasteiger partial charge in [-0.1, -0.05) is 12.1 Å². The van der Waals surface area contributed by atoms with Gasteiger partial charge in [0.25, 0.3) is 0 Å². The van der Waals surface area contributed by atoms with E-state index in [4.69, 9.17) is 10.8 Å². The second kappa shape index (κ2) is 6.93. The number of para-hydroxylation sites is 2. The zero-order valence-electron chi connectivity index (χ0n) is 11.4. The Morgan fingerprint density at radius 3 is 2.48 bits per heavy atom. The van der Waals surface area contributed by atoms with E-state index in [0.29, 0.717) is 4.31 Å². The lowest BCUT2D eigenvalue weighted by Crippen LogP contribution is -2.38. The number of aliphatic carboxylic acids is 1. The summed E-state index contributed by atoms with van der Waals surface area (Å²) in [6.07, 6.45) is -0.373. The molecule has 0 aromatic heterocycles. The molecule has 0 bridgehead atoms. The molecule has 0 amide bonds. The summed E-state index contributed by atoms with van der Waals surface area (Å²) in [6.45, 7) is -0.780. The van der Waals surface area contributed by atoms with Crippen molar-refractivity contribution in [2.45, 2.75) is 6.42 Å². The number of sulfonamides is 1. The number of nitrogens with two attached hydrogens (primary N) is 1. The molecule has 0 saturated carbocycles. The number of carbonyl (C=O) groups excluding carboxylic acids is 1. The molecule has 0 unspecified atom stereocenters. The minimum atomic E-state index is -4.03. The van der Waals surface area contributed by atoms with Crippen molar-refractivity contribution in [3.05, 3.63) is 24.3 Å². The fourth-order valence-corrected chi connectivity index (χ4v) is 3.01. The molecule has 0 heterocycles. The van der Waals surface area contributed by atoms with Gasteiger partial charge in [-0.3, -0.25) is 13.9 Å². The summed E-state index contributed by atoms with van der Waals surface area (Å²) in [6, 6.07) is 5.99. The molecule has 0 radical (unpaired) electrons. The van der Waals surface area contributed by atoms with Crippen LogP contribution in [0.1, 0.15) is 6.42 Å². The van der Waals surface area contributed by atoms with Crippen LogP contribution in [0.3, 0.4) is 0 Å². The van der Waals surface area contributed by atoms with Gasteiger partial charge >= 0.3 is 11.9 Å². The van der Waals surface area contributed by atoms with Crippen molar-refractivity contribution >= 4 is 33.3 Å². The third kappa shape index (κ3) is 4.63. The van der Waals surface area contributed by atoms with Gasteiger partial charge in [0.05, 0.1) is 30.7 Å². The molecule has 21 heavy (non-hydrogen) atoms. The van der Waals surface area contributed by atoms with Crippen LogP contribution in [0.2, 0.25) is 0 Å². The first-order valence-electron chi connectivity index (χ1n) is 5.91. The highest BCUT2D eigenvalue weighted by Gasteiger charge is 2.27. The summed E-state index contributed by atoms with van der Waals surface area (Å²) in [5.41, 5.74) is 5.87. The van der Waals surface area contributed by atoms with E-state index < -0.39 is 34.3 Å². The number of methoxy groups -OCH3 is 1. The Balaban J connectivity index is 3.10. The van der Waals surface area contributed by atoms with Crippen LogP contribution >= 0.6 is 0 Å². The lowest BCUT2D eigenvalue weighted by molar-refractivity contribution is -0.140. The molecule has 0 aliphatic rings. The van der Waals surface area contributed by atoms with Gasteiger partial charge in [0, 0.05) is 0 Å². The molecule has 0 spiro atoms. The Morgan fingerprint density at radius 2 is 1.95 bits per heavy atom. The summed E-state index contributed by atoms with van der Waals surface area (Å²) in [7, 11) is -2.89. The molecule has 116 valence electrons. The van der Waals surface area contributed by atoms with E-state index in [9.17, 15) is 18.0 Å². The van der Waals surface area contributed by atoms with Gasteiger partial charge in [0.2, 0.25) is 10.0 Å². The number of ether oxygens (including phenoxy) is 1. The van der Waals surface area contributed by atoms with E-state index in [2.05, 4.69) is 4.74 Å². The number of nitrogens with zero attached hydrogens (tertiary/aromatic N) is 1. The number of hydrogen-bond acceptors (Lipinski definition) is 6. The Kier molecular flexibility index (Phi) is 5.53. The minimum Gasteiger partial charge on any atom is -0.480 e. The Bertz CT molecular complexity index is 628.